The van der Waals surface area contributed by atoms with Crippen LogP contribution in [0.25, 0.3) is 11.0 Å². The third kappa shape index (κ3) is 2.48. The van der Waals surface area contributed by atoms with Crippen LogP contribution in [0, 0.1) is 5.92 Å². The molecule has 7 nitrogen and oxygen atoms in total. The van der Waals surface area contributed by atoms with Gasteiger partial charge >= 0.3 is 5.97 Å². The van der Waals surface area contributed by atoms with E-state index in [1.807, 2.05) is 28.8 Å². The smallest absolute Gasteiger partial charge is 0.321 e. The summed E-state index contributed by atoms with van der Waals surface area (Å²) in [5.41, 5.74) is 2.23. The maximum Gasteiger partial charge on any atom is 0.321 e. The van der Waals surface area contributed by atoms with Crippen LogP contribution in [-0.4, -0.2) is 33.1 Å². The summed E-state index contributed by atoms with van der Waals surface area (Å²) in [6.45, 7) is 1.88. The van der Waals surface area contributed by atoms with E-state index in [2.05, 4.69) is 10.3 Å². The van der Waals surface area contributed by atoms with E-state index >= 15 is 0 Å². The Labute approximate surface area is 149 Å². The molecular weight excluding hydrogens is 334 g/mol. The lowest BCUT2D eigenvalue weighted by Gasteiger charge is -2.32. The molecule has 2 aromatic carbocycles. The van der Waals surface area contributed by atoms with Crippen molar-refractivity contribution < 1.29 is 19.4 Å². The topological polar surface area (TPSA) is 93.5 Å². The number of esters is 1. The molecular formula is C19H17N3O4. The van der Waals surface area contributed by atoms with Crippen LogP contribution in [0.1, 0.15) is 18.5 Å². The van der Waals surface area contributed by atoms with Crippen molar-refractivity contribution in [1.82, 2.24) is 9.55 Å². The summed E-state index contributed by atoms with van der Waals surface area (Å²) in [7, 11) is 0. The lowest BCUT2D eigenvalue weighted by Crippen LogP contribution is -2.43. The van der Waals surface area contributed by atoms with E-state index in [-0.39, 0.29) is 12.4 Å². The molecule has 0 fully saturated rings. The highest BCUT2D eigenvalue weighted by Gasteiger charge is 2.44. The number of imidazole rings is 1. The number of hydrogen-bond acceptors (Lipinski definition) is 5. The van der Waals surface area contributed by atoms with Crippen molar-refractivity contribution in [1.29, 1.82) is 0 Å². The van der Waals surface area contributed by atoms with Gasteiger partial charge in [-0.3, -0.25) is 14.9 Å². The average Bonchev–Trinajstić information content (AvgIpc) is 2.99. The third-order valence-electron chi connectivity index (χ3n) is 4.48. The summed E-state index contributed by atoms with van der Waals surface area (Å²) >= 11 is 0. The number of carbonyl (C=O) groups is 2. The normalized spacial score (nSPS) is 19.0. The van der Waals surface area contributed by atoms with Crippen molar-refractivity contribution in [3.05, 3.63) is 54.1 Å². The third-order valence-corrected chi connectivity index (χ3v) is 4.48. The van der Waals surface area contributed by atoms with Gasteiger partial charge in [0.15, 0.2) is 5.92 Å². The maximum atomic E-state index is 12.7. The fourth-order valence-corrected chi connectivity index (χ4v) is 3.38. The summed E-state index contributed by atoms with van der Waals surface area (Å²) in [6.07, 6.45) is 0. The molecule has 0 aliphatic carbocycles. The second-order valence-corrected chi connectivity index (χ2v) is 6.05. The Morgan fingerprint density at radius 2 is 1.96 bits per heavy atom. The van der Waals surface area contributed by atoms with Crippen molar-refractivity contribution in [2.75, 3.05) is 11.9 Å². The Balaban J connectivity index is 1.95. The predicted octanol–water partition coefficient (Wildman–Crippen LogP) is 2.46. The highest BCUT2D eigenvalue weighted by atomic mass is 16.5. The molecule has 26 heavy (non-hydrogen) atoms. The molecule has 0 bridgehead atoms. The number of ether oxygens (including phenoxy) is 1. The number of para-hydroxylation sites is 2. The Morgan fingerprint density at radius 3 is 2.69 bits per heavy atom. The number of hydrogen-bond donors (Lipinski definition) is 2. The lowest BCUT2D eigenvalue weighted by atomic mass is 9.90. The molecule has 0 unspecified atom stereocenters. The van der Waals surface area contributed by atoms with Crippen molar-refractivity contribution in [2.24, 2.45) is 5.92 Å². The van der Waals surface area contributed by atoms with Gasteiger partial charge in [-0.2, -0.15) is 0 Å². The fraction of sp³-hybridized carbons (Fsp3) is 0.211. The van der Waals surface area contributed by atoms with E-state index in [4.69, 9.17) is 4.74 Å². The summed E-state index contributed by atoms with van der Waals surface area (Å²) in [6, 6.07) is 13.3. The first-order valence-electron chi connectivity index (χ1n) is 8.33. The number of amides is 1. The molecule has 1 aromatic heterocycles. The summed E-state index contributed by atoms with van der Waals surface area (Å²) in [5.74, 6) is -1.60. The van der Waals surface area contributed by atoms with E-state index in [9.17, 15) is 14.7 Å². The van der Waals surface area contributed by atoms with Gasteiger partial charge in [-0.15, -0.1) is 0 Å². The van der Waals surface area contributed by atoms with E-state index < -0.39 is 23.8 Å². The maximum absolute atomic E-state index is 12.7. The molecule has 4 rings (SSSR count). The van der Waals surface area contributed by atoms with Crippen LogP contribution < -0.4 is 5.32 Å². The molecule has 0 saturated carbocycles. The van der Waals surface area contributed by atoms with E-state index in [1.54, 1.807) is 19.1 Å². The van der Waals surface area contributed by atoms with E-state index in [0.717, 1.165) is 11.0 Å². The molecule has 1 aliphatic heterocycles. The second kappa shape index (κ2) is 6.18. The van der Waals surface area contributed by atoms with Crippen molar-refractivity contribution in [3.8, 4) is 5.75 Å². The van der Waals surface area contributed by atoms with Crippen molar-refractivity contribution >= 4 is 28.9 Å². The van der Waals surface area contributed by atoms with Crippen LogP contribution in [0.5, 0.6) is 5.75 Å². The number of nitrogens with one attached hydrogen (secondary N) is 1. The van der Waals surface area contributed by atoms with Gasteiger partial charge in [-0.1, -0.05) is 24.3 Å². The number of phenolic OH excluding ortho intramolecular Hbond substituents is 1. The number of phenols is 1. The molecule has 1 aliphatic rings. The molecule has 3 aromatic rings. The first kappa shape index (κ1) is 16.1. The van der Waals surface area contributed by atoms with Crippen molar-refractivity contribution in [2.45, 2.75) is 13.0 Å². The molecule has 1 amide bonds. The highest BCUT2D eigenvalue weighted by molar-refractivity contribution is 6.07. The molecule has 2 heterocycles. The molecule has 132 valence electrons. The summed E-state index contributed by atoms with van der Waals surface area (Å²) < 4.78 is 6.99. The first-order valence-corrected chi connectivity index (χ1v) is 8.33. The van der Waals surface area contributed by atoms with E-state index in [0.29, 0.717) is 11.5 Å². The monoisotopic (exact) mass is 351 g/mol. The second-order valence-electron chi connectivity index (χ2n) is 6.05. The van der Waals surface area contributed by atoms with Crippen LogP contribution in [0.3, 0.4) is 0 Å². The quantitative estimate of drug-likeness (QED) is 0.558. The number of fused-ring (bicyclic) bond motifs is 3. The number of aromatic hydroxyl groups is 1. The Kier molecular flexibility index (Phi) is 3.84. The van der Waals surface area contributed by atoms with Crippen LogP contribution in [0.15, 0.2) is 48.5 Å². The molecule has 0 spiro atoms. The van der Waals surface area contributed by atoms with Crippen LogP contribution in [0.4, 0.5) is 5.95 Å². The summed E-state index contributed by atoms with van der Waals surface area (Å²) in [5, 5.41) is 12.3. The Hall–Kier alpha value is -3.35. The molecule has 0 radical (unpaired) electrons. The van der Waals surface area contributed by atoms with Gasteiger partial charge < -0.3 is 14.4 Å². The standard InChI is InChI=1S/C19H17N3O4/c1-2-26-18(25)15-16(11-7-9-12(23)10-8-11)22-14-6-4-3-5-13(14)20-19(22)21-17(15)24/h3-10,15-16,23H,2H2,1H3,(H,20,21,24)/t15-,16+/m0/s1. The van der Waals surface area contributed by atoms with Gasteiger partial charge in [-0.05, 0) is 36.8 Å². The Bertz CT molecular complexity index is 994. The minimum atomic E-state index is -1.05. The van der Waals surface area contributed by atoms with Crippen LogP contribution >= 0.6 is 0 Å². The number of carbonyl (C=O) groups excluding carboxylic acids is 2. The van der Waals surface area contributed by atoms with Gasteiger partial charge in [0, 0.05) is 0 Å². The number of anilines is 1. The van der Waals surface area contributed by atoms with Crippen molar-refractivity contribution in [3.63, 3.8) is 0 Å². The summed E-state index contributed by atoms with van der Waals surface area (Å²) in [4.78, 5) is 29.7. The molecule has 2 N–H and O–H groups in total. The SMILES string of the molecule is CCOC(=O)[C@@H]1C(=O)Nc2nc3ccccc3n2[C@@H]1c1ccc(O)cc1. The molecule has 2 atom stereocenters. The fourth-order valence-electron chi connectivity index (χ4n) is 3.38. The number of rotatable bonds is 3. The van der Waals surface area contributed by atoms with E-state index in [1.165, 1.54) is 12.1 Å². The van der Waals surface area contributed by atoms with Gasteiger partial charge in [0.25, 0.3) is 0 Å². The van der Waals surface area contributed by atoms with Crippen LogP contribution in [0.2, 0.25) is 0 Å². The zero-order chi connectivity index (χ0) is 18.3. The average molecular weight is 351 g/mol. The molecule has 0 saturated heterocycles. The minimum Gasteiger partial charge on any atom is -0.508 e. The Morgan fingerprint density at radius 1 is 1.23 bits per heavy atom. The number of nitrogens with zero attached hydrogens (tertiary/aromatic N) is 2. The zero-order valence-electron chi connectivity index (χ0n) is 14.0. The predicted molar refractivity (Wildman–Crippen MR) is 94.7 cm³/mol. The zero-order valence-corrected chi connectivity index (χ0v) is 14.0. The highest BCUT2D eigenvalue weighted by Crippen LogP contribution is 2.38. The van der Waals surface area contributed by atoms with Gasteiger partial charge in [0.2, 0.25) is 11.9 Å². The number of aromatic nitrogens is 2. The minimum absolute atomic E-state index is 0.109. The largest absolute Gasteiger partial charge is 0.508 e. The van der Waals surface area contributed by atoms with Gasteiger partial charge in [0.05, 0.1) is 23.7 Å². The van der Waals surface area contributed by atoms with Gasteiger partial charge in [-0.25, -0.2) is 4.98 Å². The lowest BCUT2D eigenvalue weighted by molar-refractivity contribution is -0.152. The first-order chi connectivity index (χ1) is 12.6. The van der Waals surface area contributed by atoms with Gasteiger partial charge in [0.1, 0.15) is 5.75 Å². The van der Waals surface area contributed by atoms with Crippen LogP contribution in [-0.2, 0) is 14.3 Å². The molecule has 7 heteroatoms. The number of benzene rings is 2.